The number of fused-ring (bicyclic) bond motifs is 1. The van der Waals surface area contributed by atoms with Crippen LogP contribution in [0.3, 0.4) is 0 Å². The van der Waals surface area contributed by atoms with Gasteiger partial charge in [0.15, 0.2) is 0 Å². The van der Waals surface area contributed by atoms with Crippen molar-refractivity contribution in [2.75, 3.05) is 6.54 Å². The van der Waals surface area contributed by atoms with Crippen molar-refractivity contribution < 1.29 is 8.78 Å². The lowest BCUT2D eigenvalue weighted by Gasteiger charge is -2.18. The molecule has 1 aromatic heterocycles. The molecule has 0 saturated heterocycles. The van der Waals surface area contributed by atoms with Crippen molar-refractivity contribution in [3.63, 3.8) is 0 Å². The average molecular weight is 247 g/mol. The molecule has 0 saturated carbocycles. The lowest BCUT2D eigenvalue weighted by Crippen LogP contribution is -2.25. The van der Waals surface area contributed by atoms with Crippen molar-refractivity contribution in [1.29, 1.82) is 0 Å². The van der Waals surface area contributed by atoms with Crippen LogP contribution in [-0.4, -0.2) is 16.5 Å². The summed E-state index contributed by atoms with van der Waals surface area (Å²) in [5, 5.41) is 3.19. The summed E-state index contributed by atoms with van der Waals surface area (Å²) >= 11 is 0. The Morgan fingerprint density at radius 2 is 2.06 bits per heavy atom. The summed E-state index contributed by atoms with van der Waals surface area (Å²) in [6, 6.07) is 3.40. The van der Waals surface area contributed by atoms with Gasteiger partial charge in [-0.2, -0.15) is 0 Å². The Morgan fingerprint density at radius 1 is 1.17 bits per heavy atom. The van der Waals surface area contributed by atoms with Crippen molar-refractivity contribution >= 4 is 0 Å². The molecular weight excluding hydrogens is 236 g/mol. The van der Waals surface area contributed by atoms with Crippen LogP contribution in [0, 0.1) is 11.6 Å². The summed E-state index contributed by atoms with van der Waals surface area (Å²) in [4.78, 5) is 8.30. The lowest BCUT2D eigenvalue weighted by molar-refractivity contribution is 0.599. The number of halogens is 2. The van der Waals surface area contributed by atoms with E-state index in [-0.39, 0.29) is 5.56 Å². The monoisotopic (exact) mass is 247 g/mol. The summed E-state index contributed by atoms with van der Waals surface area (Å²) < 4.78 is 27.0. The Bertz CT molecular complexity index is 599. The number of hydrogen-bond acceptors (Lipinski definition) is 3. The van der Waals surface area contributed by atoms with Gasteiger partial charge >= 0.3 is 0 Å². The van der Waals surface area contributed by atoms with Gasteiger partial charge in [0.2, 0.25) is 0 Å². The highest BCUT2D eigenvalue weighted by Crippen LogP contribution is 2.27. The van der Waals surface area contributed by atoms with E-state index in [9.17, 15) is 8.78 Å². The standard InChI is InChI=1S/C13H11F2N3/c14-8-1-2-11(15)9(5-8)13-10-6-16-4-3-12(10)17-7-18-13/h1-2,5,7,16H,3-4,6H2. The zero-order valence-electron chi connectivity index (χ0n) is 9.58. The van der Waals surface area contributed by atoms with Gasteiger partial charge in [-0.25, -0.2) is 18.7 Å². The first-order valence-corrected chi connectivity index (χ1v) is 5.74. The minimum atomic E-state index is -0.470. The fourth-order valence-corrected chi connectivity index (χ4v) is 2.18. The normalized spacial score (nSPS) is 14.3. The van der Waals surface area contributed by atoms with E-state index in [2.05, 4.69) is 15.3 Å². The van der Waals surface area contributed by atoms with E-state index < -0.39 is 11.6 Å². The number of aromatic nitrogens is 2. The number of rotatable bonds is 1. The fourth-order valence-electron chi connectivity index (χ4n) is 2.18. The van der Waals surface area contributed by atoms with Crippen LogP contribution in [0.5, 0.6) is 0 Å². The van der Waals surface area contributed by atoms with E-state index in [1.807, 2.05) is 0 Å². The number of nitrogens with one attached hydrogen (secondary N) is 1. The van der Waals surface area contributed by atoms with E-state index in [1.165, 1.54) is 12.4 Å². The van der Waals surface area contributed by atoms with Crippen molar-refractivity contribution in [3.8, 4) is 11.3 Å². The molecule has 2 aromatic rings. The number of benzene rings is 1. The molecule has 0 fully saturated rings. The predicted molar refractivity (Wildman–Crippen MR) is 62.8 cm³/mol. The second-order valence-electron chi connectivity index (χ2n) is 4.20. The summed E-state index contributed by atoms with van der Waals surface area (Å²) in [7, 11) is 0. The first-order chi connectivity index (χ1) is 8.75. The molecule has 0 unspecified atom stereocenters. The first kappa shape index (κ1) is 11.2. The van der Waals surface area contributed by atoms with E-state index >= 15 is 0 Å². The van der Waals surface area contributed by atoms with Gasteiger partial charge in [-0.15, -0.1) is 0 Å². The highest BCUT2D eigenvalue weighted by molar-refractivity contribution is 5.64. The SMILES string of the molecule is Fc1ccc(F)c(-c2ncnc3c2CNCC3)c1. The molecule has 0 spiro atoms. The first-order valence-electron chi connectivity index (χ1n) is 5.74. The summed E-state index contributed by atoms with van der Waals surface area (Å²) in [6.07, 6.45) is 2.19. The summed E-state index contributed by atoms with van der Waals surface area (Å²) in [6.45, 7) is 1.43. The van der Waals surface area contributed by atoms with Crippen LogP contribution in [-0.2, 0) is 13.0 Å². The molecule has 0 aliphatic carbocycles. The molecule has 5 heteroatoms. The second kappa shape index (κ2) is 4.42. The van der Waals surface area contributed by atoms with Gasteiger partial charge < -0.3 is 5.32 Å². The van der Waals surface area contributed by atoms with Gasteiger partial charge in [0.1, 0.15) is 18.0 Å². The third kappa shape index (κ3) is 1.86. The Kier molecular flexibility index (Phi) is 2.76. The molecule has 0 atom stereocenters. The third-order valence-electron chi connectivity index (χ3n) is 3.06. The molecule has 1 aromatic carbocycles. The summed E-state index contributed by atoms with van der Waals surface area (Å²) in [5.74, 6) is -0.939. The van der Waals surface area contributed by atoms with Crippen molar-refractivity contribution in [2.24, 2.45) is 0 Å². The number of hydrogen-bond donors (Lipinski definition) is 1. The highest BCUT2D eigenvalue weighted by atomic mass is 19.1. The topological polar surface area (TPSA) is 37.8 Å². The van der Waals surface area contributed by atoms with Gasteiger partial charge in [0.05, 0.1) is 11.4 Å². The molecule has 3 nitrogen and oxygen atoms in total. The zero-order valence-corrected chi connectivity index (χ0v) is 9.58. The number of nitrogens with zero attached hydrogens (tertiary/aromatic N) is 2. The van der Waals surface area contributed by atoms with Crippen molar-refractivity contribution in [1.82, 2.24) is 15.3 Å². The van der Waals surface area contributed by atoms with Gasteiger partial charge in [0, 0.05) is 30.6 Å². The maximum atomic E-state index is 13.8. The van der Waals surface area contributed by atoms with Crippen LogP contribution >= 0.6 is 0 Å². The van der Waals surface area contributed by atoms with Crippen molar-refractivity contribution in [3.05, 3.63) is 47.4 Å². The largest absolute Gasteiger partial charge is 0.312 e. The molecule has 18 heavy (non-hydrogen) atoms. The molecule has 0 bridgehead atoms. The minimum absolute atomic E-state index is 0.192. The quantitative estimate of drug-likeness (QED) is 0.838. The van der Waals surface area contributed by atoms with E-state index in [0.29, 0.717) is 12.2 Å². The van der Waals surface area contributed by atoms with Gasteiger partial charge in [0.25, 0.3) is 0 Å². The molecule has 0 amide bonds. The van der Waals surface area contributed by atoms with Gasteiger partial charge in [-0.1, -0.05) is 0 Å². The van der Waals surface area contributed by atoms with E-state index in [1.54, 1.807) is 0 Å². The van der Waals surface area contributed by atoms with Crippen LogP contribution in [0.4, 0.5) is 8.78 Å². The Hall–Kier alpha value is -1.88. The smallest absolute Gasteiger partial charge is 0.132 e. The molecule has 2 heterocycles. The fraction of sp³-hybridized carbons (Fsp3) is 0.231. The molecule has 0 radical (unpaired) electrons. The summed E-state index contributed by atoms with van der Waals surface area (Å²) in [5.41, 5.74) is 2.43. The molecule has 1 aliphatic rings. The van der Waals surface area contributed by atoms with Crippen LogP contribution in [0.1, 0.15) is 11.3 Å². The molecule has 1 N–H and O–H groups in total. The molecular formula is C13H11F2N3. The van der Waals surface area contributed by atoms with Gasteiger partial charge in [-0.3, -0.25) is 0 Å². The Balaban J connectivity index is 2.19. The molecule has 1 aliphatic heterocycles. The lowest BCUT2D eigenvalue weighted by atomic mass is 10.00. The molecule has 92 valence electrons. The Morgan fingerprint density at radius 3 is 2.94 bits per heavy atom. The van der Waals surface area contributed by atoms with Crippen LogP contribution in [0.15, 0.2) is 24.5 Å². The second-order valence-corrected chi connectivity index (χ2v) is 4.20. The van der Waals surface area contributed by atoms with E-state index in [4.69, 9.17) is 0 Å². The highest BCUT2D eigenvalue weighted by Gasteiger charge is 2.18. The zero-order chi connectivity index (χ0) is 12.5. The maximum absolute atomic E-state index is 13.8. The van der Waals surface area contributed by atoms with Gasteiger partial charge in [-0.05, 0) is 18.2 Å². The van der Waals surface area contributed by atoms with Crippen LogP contribution in [0.25, 0.3) is 11.3 Å². The van der Waals surface area contributed by atoms with E-state index in [0.717, 1.165) is 36.4 Å². The third-order valence-corrected chi connectivity index (χ3v) is 3.06. The van der Waals surface area contributed by atoms with Crippen molar-refractivity contribution in [2.45, 2.75) is 13.0 Å². The maximum Gasteiger partial charge on any atom is 0.132 e. The average Bonchev–Trinajstić information content (AvgIpc) is 2.41. The predicted octanol–water partition coefficient (Wildman–Crippen LogP) is 2.07. The van der Waals surface area contributed by atoms with Crippen LogP contribution < -0.4 is 5.32 Å². The minimum Gasteiger partial charge on any atom is -0.312 e. The van der Waals surface area contributed by atoms with Crippen LogP contribution in [0.2, 0.25) is 0 Å². The molecule has 3 rings (SSSR count). The Labute approximate surface area is 103 Å².